The van der Waals surface area contributed by atoms with Crippen LogP contribution in [0.1, 0.15) is 5.56 Å². The van der Waals surface area contributed by atoms with Crippen LogP contribution in [0.15, 0.2) is 48.5 Å². The van der Waals surface area contributed by atoms with Gasteiger partial charge in [-0.1, -0.05) is 53.0 Å². The van der Waals surface area contributed by atoms with Crippen molar-refractivity contribution in [2.75, 3.05) is 5.32 Å². The first-order valence-corrected chi connectivity index (χ1v) is 8.48. The van der Waals surface area contributed by atoms with Crippen LogP contribution in [-0.2, 0) is 6.54 Å². The molecule has 0 aromatic heterocycles. The van der Waals surface area contributed by atoms with Crippen molar-refractivity contribution in [2.45, 2.75) is 6.54 Å². The highest BCUT2D eigenvalue weighted by molar-refractivity contribution is 6.41. The maximum Gasteiger partial charge on any atom is 0.319 e. The lowest BCUT2D eigenvalue weighted by Crippen LogP contribution is -2.28. The SMILES string of the molecule is O=C(NCc1ccccc1Cl)Nc1c(Cl)cc(Cl)c2ccc(O)cc12. The number of carbonyl (C=O) groups is 1. The lowest BCUT2D eigenvalue weighted by Gasteiger charge is -2.13. The fraction of sp³-hybridized carbons (Fsp3) is 0.0556. The zero-order valence-corrected chi connectivity index (χ0v) is 15.1. The molecule has 0 fully saturated rings. The number of amides is 2. The van der Waals surface area contributed by atoms with E-state index in [1.54, 1.807) is 18.2 Å². The summed E-state index contributed by atoms with van der Waals surface area (Å²) in [6.07, 6.45) is 0. The highest BCUT2D eigenvalue weighted by atomic mass is 35.5. The minimum Gasteiger partial charge on any atom is -0.508 e. The zero-order valence-electron chi connectivity index (χ0n) is 12.8. The largest absolute Gasteiger partial charge is 0.508 e. The van der Waals surface area contributed by atoms with E-state index < -0.39 is 6.03 Å². The van der Waals surface area contributed by atoms with Crippen molar-refractivity contribution in [1.82, 2.24) is 5.32 Å². The lowest BCUT2D eigenvalue weighted by atomic mass is 10.1. The summed E-state index contributed by atoms with van der Waals surface area (Å²) in [6, 6.07) is 13.0. The number of carbonyl (C=O) groups excluding carboxylic acids is 1. The predicted molar refractivity (Wildman–Crippen MR) is 103 cm³/mol. The van der Waals surface area contributed by atoms with Gasteiger partial charge in [0, 0.05) is 22.3 Å². The lowest BCUT2D eigenvalue weighted by molar-refractivity contribution is 0.252. The Morgan fingerprint density at radius 3 is 2.44 bits per heavy atom. The summed E-state index contributed by atoms with van der Waals surface area (Å²) >= 11 is 18.5. The molecule has 0 aliphatic carbocycles. The summed E-state index contributed by atoms with van der Waals surface area (Å²) in [7, 11) is 0. The molecule has 0 saturated carbocycles. The molecule has 4 nitrogen and oxygen atoms in total. The third-order valence-corrected chi connectivity index (χ3v) is 4.64. The predicted octanol–water partition coefficient (Wildman–Crippen LogP) is 5.83. The summed E-state index contributed by atoms with van der Waals surface area (Å²) in [5.74, 6) is 0.0466. The fourth-order valence-electron chi connectivity index (χ4n) is 2.44. The molecule has 0 unspecified atom stereocenters. The number of phenolic OH excluding ortho intramolecular Hbond substituents is 1. The Balaban J connectivity index is 1.84. The van der Waals surface area contributed by atoms with E-state index in [4.69, 9.17) is 34.8 Å². The highest BCUT2D eigenvalue weighted by Gasteiger charge is 2.13. The number of rotatable bonds is 3. The van der Waals surface area contributed by atoms with E-state index in [-0.39, 0.29) is 17.3 Å². The van der Waals surface area contributed by atoms with E-state index in [0.717, 1.165) is 5.56 Å². The molecule has 3 rings (SSSR count). The minimum absolute atomic E-state index is 0.0466. The van der Waals surface area contributed by atoms with E-state index in [1.807, 2.05) is 18.2 Å². The van der Waals surface area contributed by atoms with Gasteiger partial charge >= 0.3 is 6.03 Å². The van der Waals surface area contributed by atoms with Crippen LogP contribution in [0.2, 0.25) is 15.1 Å². The van der Waals surface area contributed by atoms with Crippen LogP contribution in [-0.4, -0.2) is 11.1 Å². The molecule has 0 radical (unpaired) electrons. The Morgan fingerprint density at radius 2 is 1.68 bits per heavy atom. The van der Waals surface area contributed by atoms with E-state index in [0.29, 0.717) is 26.5 Å². The molecule has 0 aliphatic rings. The van der Waals surface area contributed by atoms with Gasteiger partial charge in [0.15, 0.2) is 0 Å². The maximum atomic E-state index is 12.2. The van der Waals surface area contributed by atoms with Crippen LogP contribution in [0, 0.1) is 0 Å². The van der Waals surface area contributed by atoms with Gasteiger partial charge in [-0.3, -0.25) is 0 Å². The number of benzene rings is 3. The average Bonchev–Trinajstić information content (AvgIpc) is 2.57. The van der Waals surface area contributed by atoms with E-state index >= 15 is 0 Å². The van der Waals surface area contributed by atoms with Crippen LogP contribution in [0.3, 0.4) is 0 Å². The second-order valence-electron chi connectivity index (χ2n) is 5.34. The van der Waals surface area contributed by atoms with Crippen LogP contribution in [0.5, 0.6) is 5.75 Å². The summed E-state index contributed by atoms with van der Waals surface area (Å²) in [5, 5.41) is 17.6. The molecule has 0 bridgehead atoms. The molecule has 2 amide bonds. The van der Waals surface area contributed by atoms with Crippen molar-refractivity contribution in [3.05, 3.63) is 69.2 Å². The Kier molecular flexibility index (Phi) is 5.23. The van der Waals surface area contributed by atoms with Gasteiger partial charge in [0.2, 0.25) is 0 Å². The van der Waals surface area contributed by atoms with Crippen molar-refractivity contribution in [3.8, 4) is 5.75 Å². The van der Waals surface area contributed by atoms with E-state index in [2.05, 4.69) is 10.6 Å². The summed E-state index contributed by atoms with van der Waals surface area (Å²) in [4.78, 5) is 12.2. The number of urea groups is 1. The van der Waals surface area contributed by atoms with E-state index in [1.165, 1.54) is 12.1 Å². The fourth-order valence-corrected chi connectivity index (χ4v) is 3.23. The van der Waals surface area contributed by atoms with Gasteiger partial charge in [-0.05, 0) is 35.9 Å². The number of phenols is 1. The Bertz CT molecular complexity index is 960. The van der Waals surface area contributed by atoms with Crippen molar-refractivity contribution >= 4 is 57.3 Å². The third kappa shape index (κ3) is 3.93. The van der Waals surface area contributed by atoms with Gasteiger partial charge in [0.1, 0.15) is 5.75 Å². The Morgan fingerprint density at radius 1 is 0.920 bits per heavy atom. The second-order valence-corrected chi connectivity index (χ2v) is 6.57. The van der Waals surface area contributed by atoms with E-state index in [9.17, 15) is 9.90 Å². The van der Waals surface area contributed by atoms with Gasteiger partial charge in [-0.2, -0.15) is 0 Å². The van der Waals surface area contributed by atoms with Crippen molar-refractivity contribution < 1.29 is 9.90 Å². The second kappa shape index (κ2) is 7.40. The third-order valence-electron chi connectivity index (χ3n) is 3.66. The van der Waals surface area contributed by atoms with Gasteiger partial charge in [0.25, 0.3) is 0 Å². The number of nitrogens with one attached hydrogen (secondary N) is 2. The van der Waals surface area contributed by atoms with Crippen molar-refractivity contribution in [3.63, 3.8) is 0 Å². The van der Waals surface area contributed by atoms with Crippen LogP contribution >= 0.6 is 34.8 Å². The summed E-state index contributed by atoms with van der Waals surface area (Å²) in [5.41, 5.74) is 1.16. The molecule has 0 atom stereocenters. The molecule has 3 N–H and O–H groups in total. The molecular formula is C18H13Cl3N2O2. The monoisotopic (exact) mass is 394 g/mol. The molecule has 0 spiro atoms. The molecule has 3 aromatic rings. The standard InChI is InChI=1S/C18H13Cl3N2O2/c19-14-4-2-1-3-10(14)9-22-18(25)23-17-13-7-11(24)5-6-12(13)15(20)8-16(17)21/h1-8,24H,9H2,(H2,22,23,25). The van der Waals surface area contributed by atoms with Crippen LogP contribution < -0.4 is 10.6 Å². The molecule has 0 saturated heterocycles. The number of fused-ring (bicyclic) bond motifs is 1. The number of anilines is 1. The van der Waals surface area contributed by atoms with Crippen molar-refractivity contribution in [2.24, 2.45) is 0 Å². The van der Waals surface area contributed by atoms with Gasteiger partial charge in [-0.25, -0.2) is 4.79 Å². The molecule has 128 valence electrons. The first-order valence-electron chi connectivity index (χ1n) is 7.34. The van der Waals surface area contributed by atoms with Gasteiger partial charge < -0.3 is 15.7 Å². The number of hydrogen-bond donors (Lipinski definition) is 3. The Labute approximate surface area is 159 Å². The normalized spacial score (nSPS) is 10.7. The minimum atomic E-state index is -0.450. The molecule has 25 heavy (non-hydrogen) atoms. The molecule has 3 aromatic carbocycles. The summed E-state index contributed by atoms with van der Waals surface area (Å²) in [6.45, 7) is 0.264. The Hall–Kier alpha value is -2.14. The molecule has 0 heterocycles. The van der Waals surface area contributed by atoms with Crippen LogP contribution in [0.4, 0.5) is 10.5 Å². The van der Waals surface area contributed by atoms with Gasteiger partial charge in [0.05, 0.1) is 15.7 Å². The van der Waals surface area contributed by atoms with Crippen molar-refractivity contribution in [1.29, 1.82) is 0 Å². The molecule has 0 aliphatic heterocycles. The summed E-state index contributed by atoms with van der Waals surface area (Å²) < 4.78 is 0. The first-order chi connectivity index (χ1) is 12.0. The smallest absolute Gasteiger partial charge is 0.319 e. The van der Waals surface area contributed by atoms with Gasteiger partial charge in [-0.15, -0.1) is 0 Å². The van der Waals surface area contributed by atoms with Crippen LogP contribution in [0.25, 0.3) is 10.8 Å². The maximum absolute atomic E-state index is 12.2. The topological polar surface area (TPSA) is 61.4 Å². The highest BCUT2D eigenvalue weighted by Crippen LogP contribution is 2.38. The first kappa shape index (κ1) is 17.7. The molecule has 7 heteroatoms. The molecular weight excluding hydrogens is 383 g/mol. The number of aromatic hydroxyl groups is 1. The number of halogens is 3. The number of hydrogen-bond acceptors (Lipinski definition) is 2. The average molecular weight is 396 g/mol. The zero-order chi connectivity index (χ0) is 18.0. The quantitative estimate of drug-likeness (QED) is 0.522.